The van der Waals surface area contributed by atoms with E-state index >= 15 is 0 Å². The third-order valence-corrected chi connectivity index (χ3v) is 6.56. The summed E-state index contributed by atoms with van der Waals surface area (Å²) >= 11 is 0. The molecule has 2 fully saturated rings. The summed E-state index contributed by atoms with van der Waals surface area (Å²) < 4.78 is 6.99. The first-order valence-electron chi connectivity index (χ1n) is 12.3. The fourth-order valence-corrected chi connectivity index (χ4v) is 4.68. The Morgan fingerprint density at radius 3 is 2.34 bits per heavy atom. The van der Waals surface area contributed by atoms with Gasteiger partial charge >= 0.3 is 0 Å². The van der Waals surface area contributed by atoms with E-state index in [-0.39, 0.29) is 18.6 Å². The van der Waals surface area contributed by atoms with E-state index < -0.39 is 0 Å². The zero-order chi connectivity index (χ0) is 24.4. The summed E-state index contributed by atoms with van der Waals surface area (Å²) in [6.45, 7) is 9.03. The van der Waals surface area contributed by atoms with Gasteiger partial charge in [-0.2, -0.15) is 15.1 Å². The topological polar surface area (TPSA) is 105 Å². The van der Waals surface area contributed by atoms with Gasteiger partial charge in [0.25, 0.3) is 0 Å². The second-order valence-electron chi connectivity index (χ2n) is 9.34. The predicted octanol–water partition coefficient (Wildman–Crippen LogP) is 2.44. The summed E-state index contributed by atoms with van der Waals surface area (Å²) in [6.07, 6.45) is 6.00. The standard InChI is InChI=1S/C24H33N9O2/c1-17(2)33-19-12-20(25-14-18(19)15-26-33)27-24-28-21(30-6-4-5-7-30)13-22(29-24)31-8-10-32(11-9-31)23(34)16-35-3/h12-15,17H,4-11,16H2,1-3H3,(H,25,27,28,29). The van der Waals surface area contributed by atoms with Gasteiger partial charge in [0, 0.05) is 76.1 Å². The van der Waals surface area contributed by atoms with Crippen molar-refractivity contribution in [2.24, 2.45) is 0 Å². The van der Waals surface area contributed by atoms with Gasteiger partial charge in [-0.15, -0.1) is 0 Å². The molecule has 2 saturated heterocycles. The van der Waals surface area contributed by atoms with Gasteiger partial charge in [0.2, 0.25) is 11.9 Å². The Labute approximate surface area is 205 Å². The number of piperazine rings is 1. The molecule has 3 aromatic rings. The van der Waals surface area contributed by atoms with E-state index in [1.807, 2.05) is 28.0 Å². The summed E-state index contributed by atoms with van der Waals surface area (Å²) in [5.41, 5.74) is 1.02. The quantitative estimate of drug-likeness (QED) is 0.547. The maximum absolute atomic E-state index is 12.2. The molecule has 5 heterocycles. The van der Waals surface area contributed by atoms with Crippen molar-refractivity contribution in [2.45, 2.75) is 32.7 Å². The van der Waals surface area contributed by atoms with Gasteiger partial charge < -0.3 is 24.8 Å². The minimum Gasteiger partial charge on any atom is -0.375 e. The Hall–Kier alpha value is -3.47. The highest BCUT2D eigenvalue weighted by Gasteiger charge is 2.24. The van der Waals surface area contributed by atoms with Gasteiger partial charge in [0.15, 0.2) is 0 Å². The Balaban J connectivity index is 1.40. The number of methoxy groups -OCH3 is 1. The number of hydrogen-bond donors (Lipinski definition) is 1. The van der Waals surface area contributed by atoms with Crippen molar-refractivity contribution in [2.75, 3.05) is 68.1 Å². The van der Waals surface area contributed by atoms with Crippen molar-refractivity contribution in [3.05, 3.63) is 24.5 Å². The van der Waals surface area contributed by atoms with Crippen LogP contribution in [-0.2, 0) is 9.53 Å². The Morgan fingerprint density at radius 2 is 1.69 bits per heavy atom. The fraction of sp³-hybridized carbons (Fsp3) is 0.542. The SMILES string of the molecule is COCC(=O)N1CCN(c2cc(N3CCCC3)nc(Nc3cc4c(cn3)cnn4C(C)C)n2)CC1. The van der Waals surface area contributed by atoms with Crippen LogP contribution in [0.2, 0.25) is 0 Å². The Morgan fingerprint density at radius 1 is 1.00 bits per heavy atom. The lowest BCUT2D eigenvalue weighted by Gasteiger charge is -2.35. The average molecular weight is 480 g/mol. The summed E-state index contributed by atoms with van der Waals surface area (Å²) in [7, 11) is 1.55. The normalized spacial score (nSPS) is 16.5. The number of fused-ring (bicyclic) bond motifs is 1. The van der Waals surface area contributed by atoms with E-state index in [2.05, 4.69) is 45.1 Å². The summed E-state index contributed by atoms with van der Waals surface area (Å²) in [4.78, 5) is 32.8. The van der Waals surface area contributed by atoms with Crippen LogP contribution in [0.3, 0.4) is 0 Å². The number of rotatable bonds is 7. The van der Waals surface area contributed by atoms with E-state index in [4.69, 9.17) is 14.7 Å². The first kappa shape index (κ1) is 23.3. The van der Waals surface area contributed by atoms with Crippen LogP contribution in [0.4, 0.5) is 23.4 Å². The van der Waals surface area contributed by atoms with Crippen LogP contribution in [0.25, 0.3) is 10.9 Å². The molecule has 0 saturated carbocycles. The second kappa shape index (κ2) is 10.0. The van der Waals surface area contributed by atoms with Gasteiger partial charge in [-0.3, -0.25) is 9.48 Å². The number of anilines is 4. The zero-order valence-corrected chi connectivity index (χ0v) is 20.6. The number of pyridine rings is 1. The van der Waals surface area contributed by atoms with Crippen LogP contribution in [0.1, 0.15) is 32.7 Å². The molecule has 11 nitrogen and oxygen atoms in total. The summed E-state index contributed by atoms with van der Waals surface area (Å²) in [5, 5.41) is 8.81. The van der Waals surface area contributed by atoms with Gasteiger partial charge in [-0.05, 0) is 26.7 Å². The van der Waals surface area contributed by atoms with Gasteiger partial charge in [-0.1, -0.05) is 0 Å². The number of ether oxygens (including phenoxy) is 1. The van der Waals surface area contributed by atoms with Crippen LogP contribution >= 0.6 is 0 Å². The number of nitrogens with one attached hydrogen (secondary N) is 1. The number of hydrogen-bond acceptors (Lipinski definition) is 9. The molecule has 0 aromatic carbocycles. The Kier molecular flexibility index (Phi) is 6.67. The third kappa shape index (κ3) is 5.00. The second-order valence-corrected chi connectivity index (χ2v) is 9.34. The van der Waals surface area contributed by atoms with Crippen LogP contribution in [0.5, 0.6) is 0 Å². The molecule has 5 rings (SSSR count). The molecule has 11 heteroatoms. The summed E-state index contributed by atoms with van der Waals surface area (Å²) in [5.74, 6) is 3.00. The first-order valence-corrected chi connectivity index (χ1v) is 12.3. The molecule has 0 bridgehead atoms. The monoisotopic (exact) mass is 479 g/mol. The van der Waals surface area contributed by atoms with Gasteiger partial charge in [0.1, 0.15) is 24.1 Å². The van der Waals surface area contributed by atoms with Crippen molar-refractivity contribution < 1.29 is 9.53 Å². The van der Waals surface area contributed by atoms with Crippen LogP contribution < -0.4 is 15.1 Å². The highest BCUT2D eigenvalue weighted by Crippen LogP contribution is 2.27. The lowest BCUT2D eigenvalue weighted by atomic mass is 10.3. The van der Waals surface area contributed by atoms with Crippen molar-refractivity contribution in [3.63, 3.8) is 0 Å². The zero-order valence-electron chi connectivity index (χ0n) is 20.6. The number of carbonyl (C=O) groups is 1. The van der Waals surface area contributed by atoms with E-state index in [1.54, 1.807) is 7.11 Å². The highest BCUT2D eigenvalue weighted by atomic mass is 16.5. The molecule has 1 N–H and O–H groups in total. The van der Waals surface area contributed by atoms with Crippen LogP contribution in [0, 0.1) is 0 Å². The first-order chi connectivity index (χ1) is 17.0. The molecule has 0 radical (unpaired) electrons. The molecule has 0 unspecified atom stereocenters. The maximum Gasteiger partial charge on any atom is 0.248 e. The summed E-state index contributed by atoms with van der Waals surface area (Å²) in [6, 6.07) is 4.31. The van der Waals surface area contributed by atoms with Crippen LogP contribution in [-0.4, -0.2) is 88.5 Å². The minimum absolute atomic E-state index is 0.0251. The highest BCUT2D eigenvalue weighted by molar-refractivity contribution is 5.81. The number of nitrogens with zero attached hydrogens (tertiary/aromatic N) is 8. The smallest absolute Gasteiger partial charge is 0.248 e. The van der Waals surface area contributed by atoms with Crippen molar-refractivity contribution in [3.8, 4) is 0 Å². The molecule has 0 aliphatic carbocycles. The molecular formula is C24H33N9O2. The molecule has 35 heavy (non-hydrogen) atoms. The molecular weight excluding hydrogens is 446 g/mol. The van der Waals surface area contributed by atoms with Gasteiger partial charge in [0.05, 0.1) is 11.7 Å². The molecule has 186 valence electrons. The molecule has 0 spiro atoms. The van der Waals surface area contributed by atoms with Crippen molar-refractivity contribution >= 4 is 40.2 Å². The number of carbonyl (C=O) groups excluding carboxylic acids is 1. The van der Waals surface area contributed by atoms with Crippen LogP contribution in [0.15, 0.2) is 24.5 Å². The predicted molar refractivity (Wildman–Crippen MR) is 135 cm³/mol. The largest absolute Gasteiger partial charge is 0.375 e. The van der Waals surface area contributed by atoms with Crippen molar-refractivity contribution in [1.82, 2.24) is 29.6 Å². The van der Waals surface area contributed by atoms with E-state index in [0.717, 1.165) is 35.6 Å². The number of aromatic nitrogens is 5. The third-order valence-electron chi connectivity index (χ3n) is 6.56. The van der Waals surface area contributed by atoms with E-state index in [1.165, 1.54) is 12.8 Å². The lowest BCUT2D eigenvalue weighted by Crippen LogP contribution is -2.50. The maximum atomic E-state index is 12.2. The van der Waals surface area contributed by atoms with E-state index in [0.29, 0.717) is 37.9 Å². The van der Waals surface area contributed by atoms with E-state index in [9.17, 15) is 4.79 Å². The lowest BCUT2D eigenvalue weighted by molar-refractivity contribution is -0.135. The molecule has 2 aliphatic rings. The molecule has 3 aromatic heterocycles. The molecule has 0 atom stereocenters. The fourth-order valence-electron chi connectivity index (χ4n) is 4.68. The molecule has 1 amide bonds. The average Bonchev–Trinajstić information content (AvgIpc) is 3.54. The van der Waals surface area contributed by atoms with Gasteiger partial charge in [-0.25, -0.2) is 4.98 Å². The molecule has 2 aliphatic heterocycles. The minimum atomic E-state index is 0.0251. The number of amides is 1. The van der Waals surface area contributed by atoms with Crippen molar-refractivity contribution in [1.29, 1.82) is 0 Å². The Bertz CT molecular complexity index is 1180.